The summed E-state index contributed by atoms with van der Waals surface area (Å²) in [6, 6.07) is 5.44. The van der Waals surface area contributed by atoms with E-state index in [9.17, 15) is 19.1 Å². The van der Waals surface area contributed by atoms with Crippen molar-refractivity contribution in [1.82, 2.24) is 15.0 Å². The third-order valence-electron chi connectivity index (χ3n) is 3.05. The first-order chi connectivity index (χ1) is 9.76. The van der Waals surface area contributed by atoms with Gasteiger partial charge in [-0.25, -0.2) is 18.7 Å². The zero-order chi connectivity index (χ0) is 15.8. The van der Waals surface area contributed by atoms with Crippen LogP contribution in [0.5, 0.6) is 0 Å². The van der Waals surface area contributed by atoms with Gasteiger partial charge in [0, 0.05) is 5.56 Å². The van der Waals surface area contributed by atoms with Crippen molar-refractivity contribution >= 4 is 11.9 Å². The fraction of sp³-hybridized carbons (Fsp3) is 0.231. The maximum atomic E-state index is 14.0. The number of nitrogens with zero attached hydrogens (tertiary/aromatic N) is 3. The molecule has 1 aromatic heterocycles. The molecule has 0 atom stereocenters. The van der Waals surface area contributed by atoms with Crippen LogP contribution >= 0.6 is 0 Å². The minimum Gasteiger partial charge on any atom is -0.479 e. The standard InChI is InChI=1S/C13H12FN3O4/c1-13(2,12(20)21)17-10(9(11(18)19)15-16-17)7-5-3-4-6-8(7)14/h3-6H,1-2H3,(H,18,19)(H,20,21). The van der Waals surface area contributed by atoms with Crippen LogP contribution in [0, 0.1) is 5.82 Å². The molecule has 7 nitrogen and oxygen atoms in total. The molecule has 0 aliphatic rings. The molecule has 1 aromatic carbocycles. The van der Waals surface area contributed by atoms with Crippen LogP contribution in [0.15, 0.2) is 24.3 Å². The summed E-state index contributed by atoms with van der Waals surface area (Å²) in [6.07, 6.45) is 0. The van der Waals surface area contributed by atoms with Gasteiger partial charge in [0.05, 0.1) is 0 Å². The Labute approximate surface area is 118 Å². The Morgan fingerprint density at radius 2 is 1.86 bits per heavy atom. The predicted octanol–water partition coefficient (Wildman–Crippen LogP) is 1.60. The molecule has 2 N–H and O–H groups in total. The smallest absolute Gasteiger partial charge is 0.358 e. The highest BCUT2D eigenvalue weighted by molar-refractivity contribution is 5.93. The summed E-state index contributed by atoms with van der Waals surface area (Å²) in [5, 5.41) is 25.5. The van der Waals surface area contributed by atoms with Crippen LogP contribution in [0.4, 0.5) is 4.39 Å². The molecule has 0 aliphatic carbocycles. The molecule has 2 rings (SSSR count). The average molecular weight is 293 g/mol. The number of rotatable bonds is 4. The highest BCUT2D eigenvalue weighted by atomic mass is 19.1. The van der Waals surface area contributed by atoms with Gasteiger partial charge in [-0.3, -0.25) is 0 Å². The van der Waals surface area contributed by atoms with Crippen molar-refractivity contribution in [3.05, 3.63) is 35.8 Å². The molecule has 110 valence electrons. The molecule has 0 amide bonds. The van der Waals surface area contributed by atoms with Crippen molar-refractivity contribution in [2.75, 3.05) is 0 Å². The lowest BCUT2D eigenvalue weighted by molar-refractivity contribution is -0.146. The number of hydrogen-bond donors (Lipinski definition) is 2. The number of carboxylic acid groups (broad SMARTS) is 2. The minimum atomic E-state index is -1.59. The van der Waals surface area contributed by atoms with Gasteiger partial charge in [0.25, 0.3) is 0 Å². The maximum absolute atomic E-state index is 14.0. The van der Waals surface area contributed by atoms with Gasteiger partial charge < -0.3 is 10.2 Å². The Balaban J connectivity index is 2.79. The molecular formula is C13H12FN3O4. The Bertz CT molecular complexity index is 724. The van der Waals surface area contributed by atoms with Crippen LogP contribution in [0.1, 0.15) is 24.3 Å². The van der Waals surface area contributed by atoms with E-state index in [0.717, 1.165) is 10.7 Å². The average Bonchev–Trinajstić information content (AvgIpc) is 2.84. The molecule has 0 spiro atoms. The van der Waals surface area contributed by atoms with E-state index in [-0.39, 0.29) is 11.3 Å². The van der Waals surface area contributed by atoms with E-state index in [0.29, 0.717) is 0 Å². The van der Waals surface area contributed by atoms with Crippen molar-refractivity contribution in [3.63, 3.8) is 0 Å². The monoisotopic (exact) mass is 293 g/mol. The highest BCUT2D eigenvalue weighted by Gasteiger charge is 2.36. The Hall–Kier alpha value is -2.77. The summed E-state index contributed by atoms with van der Waals surface area (Å²) < 4.78 is 14.9. The van der Waals surface area contributed by atoms with Crippen molar-refractivity contribution in [1.29, 1.82) is 0 Å². The van der Waals surface area contributed by atoms with Crippen molar-refractivity contribution in [2.24, 2.45) is 0 Å². The molecule has 0 unspecified atom stereocenters. The number of carbonyl (C=O) groups is 2. The normalized spacial score (nSPS) is 11.4. The number of aliphatic carboxylic acids is 1. The fourth-order valence-electron chi connectivity index (χ4n) is 1.80. The number of hydrogen-bond acceptors (Lipinski definition) is 4. The van der Waals surface area contributed by atoms with E-state index in [1.807, 2.05) is 0 Å². The highest BCUT2D eigenvalue weighted by Crippen LogP contribution is 2.29. The van der Waals surface area contributed by atoms with Gasteiger partial charge in [0.2, 0.25) is 0 Å². The summed E-state index contributed by atoms with van der Waals surface area (Å²) >= 11 is 0. The van der Waals surface area contributed by atoms with E-state index >= 15 is 0 Å². The number of aromatic carboxylic acids is 1. The Morgan fingerprint density at radius 3 is 2.38 bits per heavy atom. The first-order valence-electron chi connectivity index (χ1n) is 5.94. The molecule has 0 aliphatic heterocycles. The molecule has 21 heavy (non-hydrogen) atoms. The van der Waals surface area contributed by atoms with Gasteiger partial charge in [0.15, 0.2) is 11.2 Å². The number of aromatic nitrogens is 3. The quantitative estimate of drug-likeness (QED) is 0.887. The lowest BCUT2D eigenvalue weighted by atomic mass is 10.0. The third-order valence-corrected chi connectivity index (χ3v) is 3.05. The van der Waals surface area contributed by atoms with E-state index in [4.69, 9.17) is 5.11 Å². The van der Waals surface area contributed by atoms with Gasteiger partial charge >= 0.3 is 11.9 Å². The lowest BCUT2D eigenvalue weighted by Crippen LogP contribution is -2.37. The number of carboxylic acids is 2. The summed E-state index contributed by atoms with van der Waals surface area (Å²) in [5.74, 6) is -3.35. The molecule has 0 fully saturated rings. The molecule has 0 saturated carbocycles. The number of halogens is 1. The topological polar surface area (TPSA) is 105 Å². The van der Waals surface area contributed by atoms with E-state index in [1.54, 1.807) is 0 Å². The molecule has 0 radical (unpaired) electrons. The maximum Gasteiger partial charge on any atom is 0.358 e. The summed E-state index contributed by atoms with van der Waals surface area (Å²) in [6.45, 7) is 2.64. The van der Waals surface area contributed by atoms with Gasteiger partial charge in [-0.1, -0.05) is 17.3 Å². The molecule has 1 heterocycles. The second-order valence-electron chi connectivity index (χ2n) is 4.85. The zero-order valence-corrected chi connectivity index (χ0v) is 11.2. The fourth-order valence-corrected chi connectivity index (χ4v) is 1.80. The third kappa shape index (κ3) is 2.35. The van der Waals surface area contributed by atoms with E-state index in [2.05, 4.69) is 10.3 Å². The van der Waals surface area contributed by atoms with Gasteiger partial charge in [-0.15, -0.1) is 5.10 Å². The largest absolute Gasteiger partial charge is 0.479 e. The summed E-state index contributed by atoms with van der Waals surface area (Å²) in [4.78, 5) is 22.6. The van der Waals surface area contributed by atoms with Crippen molar-refractivity contribution in [3.8, 4) is 11.3 Å². The Kier molecular flexibility index (Phi) is 3.46. The minimum absolute atomic E-state index is 0.0748. The van der Waals surface area contributed by atoms with Crippen LogP contribution in [-0.2, 0) is 10.3 Å². The van der Waals surface area contributed by atoms with Gasteiger partial charge in [-0.2, -0.15) is 0 Å². The number of benzene rings is 1. The van der Waals surface area contributed by atoms with Crippen molar-refractivity contribution in [2.45, 2.75) is 19.4 Å². The zero-order valence-electron chi connectivity index (χ0n) is 11.2. The molecule has 2 aromatic rings. The van der Waals surface area contributed by atoms with E-state index in [1.165, 1.54) is 32.0 Å². The SMILES string of the molecule is CC(C)(C(=O)O)n1nnc(C(=O)O)c1-c1ccccc1F. The second-order valence-corrected chi connectivity index (χ2v) is 4.85. The second kappa shape index (κ2) is 4.97. The summed E-state index contributed by atoms with van der Waals surface area (Å²) in [5.41, 5.74) is -2.35. The van der Waals surface area contributed by atoms with Gasteiger partial charge in [-0.05, 0) is 26.0 Å². The predicted molar refractivity (Wildman–Crippen MR) is 69.3 cm³/mol. The molecule has 0 saturated heterocycles. The first-order valence-corrected chi connectivity index (χ1v) is 5.94. The lowest BCUT2D eigenvalue weighted by Gasteiger charge is -2.21. The Morgan fingerprint density at radius 1 is 1.24 bits per heavy atom. The molecule has 8 heteroatoms. The van der Waals surface area contributed by atoms with Crippen LogP contribution in [0.2, 0.25) is 0 Å². The van der Waals surface area contributed by atoms with Crippen molar-refractivity contribution < 1.29 is 24.2 Å². The summed E-state index contributed by atoms with van der Waals surface area (Å²) in [7, 11) is 0. The van der Waals surface area contributed by atoms with Crippen LogP contribution in [-0.4, -0.2) is 37.1 Å². The van der Waals surface area contributed by atoms with E-state index < -0.39 is 29.0 Å². The van der Waals surface area contributed by atoms with Crippen LogP contribution < -0.4 is 0 Å². The van der Waals surface area contributed by atoms with Crippen LogP contribution in [0.25, 0.3) is 11.3 Å². The van der Waals surface area contributed by atoms with Crippen LogP contribution in [0.3, 0.4) is 0 Å². The molecular weight excluding hydrogens is 281 g/mol. The molecule has 0 bridgehead atoms. The van der Waals surface area contributed by atoms with Gasteiger partial charge in [0.1, 0.15) is 11.5 Å². The first kappa shape index (κ1) is 14.6.